The molecule has 0 saturated carbocycles. The van der Waals surface area contributed by atoms with Crippen molar-refractivity contribution < 1.29 is 9.32 Å². The number of aromatic nitrogens is 3. The van der Waals surface area contributed by atoms with E-state index in [4.69, 9.17) is 4.52 Å². The first-order valence-electron chi connectivity index (χ1n) is 6.93. The van der Waals surface area contributed by atoms with Crippen LogP contribution in [-0.4, -0.2) is 27.2 Å². The zero-order valence-corrected chi connectivity index (χ0v) is 11.9. The molecule has 2 aromatic heterocycles. The zero-order chi connectivity index (χ0) is 14.4. The smallest absolute Gasteiger partial charge is 0.224 e. The molecule has 2 rings (SSSR count). The number of carbonyl (C=O) groups excluding carboxylic acids is 1. The number of aryl methyl sites for hydroxylation is 2. The lowest BCUT2D eigenvalue weighted by atomic mass is 10.1. The normalized spacial score (nSPS) is 10.7. The van der Waals surface area contributed by atoms with Crippen molar-refractivity contribution in [2.75, 3.05) is 6.54 Å². The molecule has 0 spiro atoms. The Morgan fingerprint density at radius 2 is 2.25 bits per heavy atom. The van der Waals surface area contributed by atoms with Crippen LogP contribution in [0.4, 0.5) is 0 Å². The van der Waals surface area contributed by atoms with Crippen LogP contribution in [0.25, 0.3) is 0 Å². The van der Waals surface area contributed by atoms with Crippen LogP contribution in [0.5, 0.6) is 0 Å². The molecule has 108 valence electrons. The SMILES string of the molecule is CCc1noc(CC)c1CC(=O)NCCn1ccnc1. The Kier molecular flexibility index (Phi) is 4.92. The Balaban J connectivity index is 1.86. The van der Waals surface area contributed by atoms with E-state index in [0.717, 1.165) is 36.4 Å². The minimum absolute atomic E-state index is 0.00212. The van der Waals surface area contributed by atoms with Crippen LogP contribution in [0.15, 0.2) is 23.2 Å². The summed E-state index contributed by atoms with van der Waals surface area (Å²) in [5, 5.41) is 6.92. The highest BCUT2D eigenvalue weighted by molar-refractivity contribution is 5.79. The van der Waals surface area contributed by atoms with Crippen molar-refractivity contribution >= 4 is 5.91 Å². The van der Waals surface area contributed by atoms with E-state index in [1.165, 1.54) is 0 Å². The maximum Gasteiger partial charge on any atom is 0.224 e. The van der Waals surface area contributed by atoms with Crippen LogP contribution in [0, 0.1) is 0 Å². The molecule has 0 unspecified atom stereocenters. The number of hydrogen-bond acceptors (Lipinski definition) is 4. The number of imidazole rings is 1. The van der Waals surface area contributed by atoms with E-state index >= 15 is 0 Å². The Morgan fingerprint density at radius 3 is 2.90 bits per heavy atom. The number of nitrogens with one attached hydrogen (secondary N) is 1. The predicted molar refractivity (Wildman–Crippen MR) is 74.2 cm³/mol. The summed E-state index contributed by atoms with van der Waals surface area (Å²) in [6, 6.07) is 0. The van der Waals surface area contributed by atoms with Crippen molar-refractivity contribution in [1.29, 1.82) is 0 Å². The second-order valence-electron chi connectivity index (χ2n) is 4.57. The summed E-state index contributed by atoms with van der Waals surface area (Å²) < 4.78 is 7.18. The third kappa shape index (κ3) is 3.46. The lowest BCUT2D eigenvalue weighted by Gasteiger charge is -2.06. The van der Waals surface area contributed by atoms with Crippen molar-refractivity contribution in [3.63, 3.8) is 0 Å². The molecule has 0 aliphatic carbocycles. The van der Waals surface area contributed by atoms with Gasteiger partial charge in [0.25, 0.3) is 0 Å². The van der Waals surface area contributed by atoms with Gasteiger partial charge in [-0.15, -0.1) is 0 Å². The van der Waals surface area contributed by atoms with E-state index in [-0.39, 0.29) is 5.91 Å². The van der Waals surface area contributed by atoms with Gasteiger partial charge in [-0.05, 0) is 6.42 Å². The molecular weight excluding hydrogens is 256 g/mol. The molecule has 1 N–H and O–H groups in total. The lowest BCUT2D eigenvalue weighted by Crippen LogP contribution is -2.28. The Morgan fingerprint density at radius 1 is 1.40 bits per heavy atom. The number of carbonyl (C=O) groups is 1. The van der Waals surface area contributed by atoms with Crippen molar-refractivity contribution in [3.05, 3.63) is 35.7 Å². The number of rotatable bonds is 7. The summed E-state index contributed by atoms with van der Waals surface area (Å²) >= 11 is 0. The van der Waals surface area contributed by atoms with E-state index in [1.54, 1.807) is 12.5 Å². The predicted octanol–water partition coefficient (Wildman–Crippen LogP) is 1.35. The maximum atomic E-state index is 12.0. The molecular formula is C14H20N4O2. The summed E-state index contributed by atoms with van der Waals surface area (Å²) in [5.74, 6) is 0.810. The van der Waals surface area contributed by atoms with Gasteiger partial charge < -0.3 is 14.4 Å². The van der Waals surface area contributed by atoms with Gasteiger partial charge in [0.15, 0.2) is 0 Å². The average Bonchev–Trinajstić information content (AvgIpc) is 3.08. The van der Waals surface area contributed by atoms with Crippen LogP contribution < -0.4 is 5.32 Å². The molecule has 0 aliphatic rings. The maximum absolute atomic E-state index is 12.0. The largest absolute Gasteiger partial charge is 0.361 e. The minimum atomic E-state index is -0.00212. The van der Waals surface area contributed by atoms with Gasteiger partial charge in [-0.2, -0.15) is 0 Å². The first-order valence-corrected chi connectivity index (χ1v) is 6.93. The molecule has 0 saturated heterocycles. The Hall–Kier alpha value is -2.11. The van der Waals surface area contributed by atoms with Crippen molar-refractivity contribution in [1.82, 2.24) is 20.0 Å². The molecule has 0 aromatic carbocycles. The van der Waals surface area contributed by atoms with Gasteiger partial charge in [-0.1, -0.05) is 19.0 Å². The molecule has 2 aromatic rings. The van der Waals surface area contributed by atoms with Gasteiger partial charge >= 0.3 is 0 Å². The second kappa shape index (κ2) is 6.88. The molecule has 2 heterocycles. The van der Waals surface area contributed by atoms with Gasteiger partial charge in [0.1, 0.15) is 5.76 Å². The molecule has 0 atom stereocenters. The molecule has 20 heavy (non-hydrogen) atoms. The topological polar surface area (TPSA) is 73.0 Å². The van der Waals surface area contributed by atoms with Crippen LogP contribution in [-0.2, 0) is 30.6 Å². The molecule has 0 radical (unpaired) electrons. The van der Waals surface area contributed by atoms with Gasteiger partial charge in [0.05, 0.1) is 18.4 Å². The van der Waals surface area contributed by atoms with Gasteiger partial charge in [-0.25, -0.2) is 4.98 Å². The summed E-state index contributed by atoms with van der Waals surface area (Å²) in [7, 11) is 0. The summed E-state index contributed by atoms with van der Waals surface area (Å²) in [6.07, 6.45) is 7.19. The average molecular weight is 276 g/mol. The molecule has 6 nitrogen and oxygen atoms in total. The monoisotopic (exact) mass is 276 g/mol. The van der Waals surface area contributed by atoms with E-state index in [0.29, 0.717) is 13.0 Å². The number of hydrogen-bond donors (Lipinski definition) is 1. The highest BCUT2D eigenvalue weighted by Crippen LogP contribution is 2.16. The molecule has 0 fully saturated rings. The fourth-order valence-electron chi connectivity index (χ4n) is 2.10. The number of amides is 1. The standard InChI is InChI=1S/C14H20N4O2/c1-3-12-11(13(4-2)20-17-12)9-14(19)16-6-8-18-7-5-15-10-18/h5,7,10H,3-4,6,8-9H2,1-2H3,(H,16,19). The zero-order valence-electron chi connectivity index (χ0n) is 11.9. The highest BCUT2D eigenvalue weighted by atomic mass is 16.5. The van der Waals surface area contributed by atoms with Crippen LogP contribution in [0.2, 0.25) is 0 Å². The third-order valence-electron chi connectivity index (χ3n) is 3.20. The van der Waals surface area contributed by atoms with E-state index in [9.17, 15) is 4.79 Å². The van der Waals surface area contributed by atoms with Crippen molar-refractivity contribution in [2.45, 2.75) is 39.7 Å². The third-order valence-corrected chi connectivity index (χ3v) is 3.20. The lowest BCUT2D eigenvalue weighted by molar-refractivity contribution is -0.120. The molecule has 0 bridgehead atoms. The Bertz CT molecular complexity index is 524. The fourth-order valence-corrected chi connectivity index (χ4v) is 2.10. The first kappa shape index (κ1) is 14.3. The van der Waals surface area contributed by atoms with Gasteiger partial charge in [-0.3, -0.25) is 4.79 Å². The number of nitrogens with zero attached hydrogens (tertiary/aromatic N) is 3. The van der Waals surface area contributed by atoms with Crippen molar-refractivity contribution in [3.8, 4) is 0 Å². The summed E-state index contributed by atoms with van der Waals surface area (Å²) in [6.45, 7) is 5.32. The van der Waals surface area contributed by atoms with E-state index < -0.39 is 0 Å². The van der Waals surface area contributed by atoms with Crippen LogP contribution >= 0.6 is 0 Å². The second-order valence-corrected chi connectivity index (χ2v) is 4.57. The van der Waals surface area contributed by atoms with Gasteiger partial charge in [0, 0.05) is 37.5 Å². The molecule has 1 amide bonds. The van der Waals surface area contributed by atoms with Gasteiger partial charge in [0.2, 0.25) is 5.91 Å². The minimum Gasteiger partial charge on any atom is -0.361 e. The quantitative estimate of drug-likeness (QED) is 0.828. The summed E-state index contributed by atoms with van der Waals surface area (Å²) in [5.41, 5.74) is 1.82. The van der Waals surface area contributed by atoms with Crippen molar-refractivity contribution in [2.24, 2.45) is 0 Å². The summed E-state index contributed by atoms with van der Waals surface area (Å²) in [4.78, 5) is 15.9. The van der Waals surface area contributed by atoms with E-state index in [2.05, 4.69) is 15.5 Å². The van der Waals surface area contributed by atoms with E-state index in [1.807, 2.05) is 24.6 Å². The molecule has 6 heteroatoms. The highest BCUT2D eigenvalue weighted by Gasteiger charge is 2.16. The van der Waals surface area contributed by atoms with Crippen LogP contribution in [0.1, 0.15) is 30.9 Å². The molecule has 0 aliphatic heterocycles. The fraction of sp³-hybridized carbons (Fsp3) is 0.500. The Labute approximate surface area is 118 Å². The first-order chi connectivity index (χ1) is 9.74. The van der Waals surface area contributed by atoms with Crippen LogP contribution in [0.3, 0.4) is 0 Å².